The summed E-state index contributed by atoms with van der Waals surface area (Å²) in [6.45, 7) is 4.19. The van der Waals surface area contributed by atoms with E-state index in [1.807, 2.05) is 6.08 Å². The second-order valence-corrected chi connectivity index (χ2v) is 19.6. The predicted octanol–water partition coefficient (Wildman–Crippen LogP) is 15.5. The van der Waals surface area contributed by atoms with Gasteiger partial charge in [-0.3, -0.25) is 13.8 Å². The van der Waals surface area contributed by atoms with Gasteiger partial charge in [0.05, 0.1) is 25.4 Å². The van der Waals surface area contributed by atoms with Crippen LogP contribution < -0.4 is 11.1 Å². The zero-order chi connectivity index (χ0) is 43.9. The highest BCUT2D eigenvalue weighted by atomic mass is 31.2. The number of carbonyl (C=O) groups is 1. The highest BCUT2D eigenvalue weighted by Crippen LogP contribution is 2.43. The molecule has 1 amide bonds. The molecule has 60 heavy (non-hydrogen) atoms. The molecule has 0 saturated carbocycles. The van der Waals surface area contributed by atoms with Crippen molar-refractivity contribution >= 4 is 13.7 Å². The van der Waals surface area contributed by atoms with E-state index in [4.69, 9.17) is 14.8 Å². The number of phosphoric ester groups is 1. The van der Waals surface area contributed by atoms with Crippen LogP contribution in [0.3, 0.4) is 0 Å². The molecular weight excluding hydrogens is 768 g/mol. The van der Waals surface area contributed by atoms with Gasteiger partial charge in [0.2, 0.25) is 5.91 Å². The van der Waals surface area contributed by atoms with Crippen LogP contribution in [0.15, 0.2) is 12.2 Å². The molecule has 8 nitrogen and oxygen atoms in total. The Morgan fingerprint density at radius 1 is 0.533 bits per heavy atom. The summed E-state index contributed by atoms with van der Waals surface area (Å²) in [6, 6.07) is -0.856. The lowest BCUT2D eigenvalue weighted by Crippen LogP contribution is -2.45. The molecule has 3 atom stereocenters. The minimum atomic E-state index is -4.34. The van der Waals surface area contributed by atoms with Crippen LogP contribution in [0.1, 0.15) is 277 Å². The van der Waals surface area contributed by atoms with E-state index in [2.05, 4.69) is 19.2 Å². The molecule has 0 saturated heterocycles. The summed E-state index contributed by atoms with van der Waals surface area (Å²) in [7, 11) is -4.34. The summed E-state index contributed by atoms with van der Waals surface area (Å²) in [6.07, 6.45) is 55.6. The van der Waals surface area contributed by atoms with E-state index in [0.29, 0.717) is 6.42 Å². The first-order valence-corrected chi connectivity index (χ1v) is 27.8. The average molecular weight is 871 g/mol. The number of aliphatic hydroxyl groups is 1. The molecular formula is C51H103N2O6P. The molecule has 0 spiro atoms. The SMILES string of the molecule is CCCCCCCCCCCCCCCCCCC/C=C/C(O)C(COP(=O)(O)OCCN)NC(=O)CCCCCCCCCCCCCCCCCCCCCCCC. The third-order valence-corrected chi connectivity index (χ3v) is 13.1. The molecule has 9 heteroatoms. The fourth-order valence-electron chi connectivity index (χ4n) is 8.14. The molecule has 0 bridgehead atoms. The summed E-state index contributed by atoms with van der Waals surface area (Å²) in [5, 5.41) is 13.8. The molecule has 5 N–H and O–H groups in total. The highest BCUT2D eigenvalue weighted by molar-refractivity contribution is 7.47. The molecule has 0 aliphatic rings. The predicted molar refractivity (Wildman–Crippen MR) is 259 cm³/mol. The molecule has 0 aromatic heterocycles. The normalized spacial score (nSPS) is 13.9. The molecule has 0 heterocycles. The Bertz CT molecular complexity index is 953. The van der Waals surface area contributed by atoms with Crippen LogP contribution in [0.5, 0.6) is 0 Å². The van der Waals surface area contributed by atoms with Crippen molar-refractivity contribution in [3.05, 3.63) is 12.2 Å². The van der Waals surface area contributed by atoms with Gasteiger partial charge in [0.1, 0.15) is 0 Å². The van der Waals surface area contributed by atoms with E-state index in [-0.39, 0.29) is 25.7 Å². The second kappa shape index (κ2) is 47.7. The Morgan fingerprint density at radius 2 is 0.850 bits per heavy atom. The summed E-state index contributed by atoms with van der Waals surface area (Å²) in [4.78, 5) is 22.8. The third kappa shape index (κ3) is 45.3. The van der Waals surface area contributed by atoms with E-state index in [0.717, 1.165) is 38.5 Å². The van der Waals surface area contributed by atoms with Crippen LogP contribution in [-0.2, 0) is 18.4 Å². The highest BCUT2D eigenvalue weighted by Gasteiger charge is 2.26. The van der Waals surface area contributed by atoms with E-state index in [1.54, 1.807) is 6.08 Å². The lowest BCUT2D eigenvalue weighted by Gasteiger charge is -2.23. The standard InChI is InChI=1S/C51H103N2O6P/c1-3-5-7-9-11-13-15-17-19-21-23-24-25-27-29-31-33-35-37-39-41-43-45-51(55)53-49(48-59-60(56,57)58-47-46-52)50(54)44-42-40-38-36-34-32-30-28-26-22-20-18-16-14-12-10-8-6-4-2/h42,44,49-50,54H,3-41,43,45-48,52H2,1-2H3,(H,53,55)(H,56,57)/b44-42+. The first-order chi connectivity index (χ1) is 29.4. The van der Waals surface area contributed by atoms with Gasteiger partial charge in [-0.25, -0.2) is 4.57 Å². The fraction of sp³-hybridized carbons (Fsp3) is 0.941. The Labute approximate surface area is 373 Å². The van der Waals surface area contributed by atoms with E-state index in [1.165, 1.54) is 218 Å². The molecule has 0 rings (SSSR count). The molecule has 0 radical (unpaired) electrons. The third-order valence-electron chi connectivity index (χ3n) is 12.1. The number of amides is 1. The largest absolute Gasteiger partial charge is 0.472 e. The number of rotatable bonds is 50. The van der Waals surface area contributed by atoms with Crippen LogP contribution in [0.25, 0.3) is 0 Å². The summed E-state index contributed by atoms with van der Waals surface area (Å²) in [5.41, 5.74) is 5.40. The van der Waals surface area contributed by atoms with Gasteiger partial charge in [-0.2, -0.15) is 0 Å². The first-order valence-electron chi connectivity index (χ1n) is 26.3. The van der Waals surface area contributed by atoms with Gasteiger partial charge in [0.25, 0.3) is 0 Å². The van der Waals surface area contributed by atoms with Crippen LogP contribution >= 0.6 is 7.82 Å². The van der Waals surface area contributed by atoms with E-state index in [9.17, 15) is 19.4 Å². The number of carbonyl (C=O) groups excluding carboxylic acids is 1. The summed E-state index contributed by atoms with van der Waals surface area (Å²) in [5.74, 6) is -0.187. The minimum Gasteiger partial charge on any atom is -0.387 e. The minimum absolute atomic E-state index is 0.0817. The number of allylic oxidation sites excluding steroid dienone is 1. The quantitative estimate of drug-likeness (QED) is 0.0272. The Balaban J connectivity index is 4.04. The zero-order valence-electron chi connectivity index (χ0n) is 40.0. The maximum Gasteiger partial charge on any atom is 0.472 e. The number of nitrogens with two attached hydrogens (primary N) is 1. The Morgan fingerprint density at radius 3 is 1.18 bits per heavy atom. The molecule has 0 aliphatic heterocycles. The van der Waals surface area contributed by atoms with Crippen LogP contribution in [-0.4, -0.2) is 47.8 Å². The van der Waals surface area contributed by atoms with Gasteiger partial charge in [0.15, 0.2) is 0 Å². The molecule has 358 valence electrons. The smallest absolute Gasteiger partial charge is 0.387 e. The molecule has 0 aliphatic carbocycles. The van der Waals surface area contributed by atoms with Gasteiger partial charge in [0, 0.05) is 13.0 Å². The number of nitrogens with one attached hydrogen (secondary N) is 1. The maximum absolute atomic E-state index is 12.8. The molecule has 0 aromatic carbocycles. The van der Waals surface area contributed by atoms with Crippen LogP contribution in [0.4, 0.5) is 0 Å². The van der Waals surface area contributed by atoms with Gasteiger partial charge >= 0.3 is 7.82 Å². The van der Waals surface area contributed by atoms with Crippen molar-refractivity contribution in [1.82, 2.24) is 5.32 Å². The van der Waals surface area contributed by atoms with Gasteiger partial charge < -0.3 is 21.1 Å². The van der Waals surface area contributed by atoms with Crippen molar-refractivity contribution in [2.75, 3.05) is 19.8 Å². The number of unbranched alkanes of at least 4 members (excludes halogenated alkanes) is 38. The Kier molecular flexibility index (Phi) is 47.1. The van der Waals surface area contributed by atoms with Crippen molar-refractivity contribution in [2.45, 2.75) is 289 Å². The van der Waals surface area contributed by atoms with Gasteiger partial charge in [-0.15, -0.1) is 0 Å². The van der Waals surface area contributed by atoms with Crippen molar-refractivity contribution in [3.8, 4) is 0 Å². The van der Waals surface area contributed by atoms with E-state index >= 15 is 0 Å². The molecule has 0 aromatic rings. The van der Waals surface area contributed by atoms with Gasteiger partial charge in [-0.1, -0.05) is 264 Å². The van der Waals surface area contributed by atoms with Crippen molar-refractivity contribution in [1.29, 1.82) is 0 Å². The van der Waals surface area contributed by atoms with Crippen molar-refractivity contribution in [2.24, 2.45) is 5.73 Å². The number of phosphoric acid groups is 1. The van der Waals surface area contributed by atoms with Gasteiger partial charge in [-0.05, 0) is 19.3 Å². The zero-order valence-corrected chi connectivity index (χ0v) is 40.9. The van der Waals surface area contributed by atoms with Crippen LogP contribution in [0.2, 0.25) is 0 Å². The molecule has 3 unspecified atom stereocenters. The van der Waals surface area contributed by atoms with E-state index < -0.39 is 20.0 Å². The first kappa shape index (κ1) is 59.2. The topological polar surface area (TPSA) is 131 Å². The second-order valence-electron chi connectivity index (χ2n) is 18.1. The van der Waals surface area contributed by atoms with Crippen molar-refractivity contribution < 1.29 is 28.4 Å². The lowest BCUT2D eigenvalue weighted by molar-refractivity contribution is -0.123. The molecule has 0 fully saturated rings. The average Bonchev–Trinajstić information content (AvgIpc) is 3.24. The van der Waals surface area contributed by atoms with Crippen LogP contribution in [0, 0.1) is 0 Å². The number of aliphatic hydroxyl groups excluding tert-OH is 1. The summed E-state index contributed by atoms with van der Waals surface area (Å²) >= 11 is 0. The number of hydrogen-bond donors (Lipinski definition) is 4. The lowest BCUT2D eigenvalue weighted by atomic mass is 10.0. The maximum atomic E-state index is 12.8. The monoisotopic (exact) mass is 871 g/mol. The number of hydrogen-bond acceptors (Lipinski definition) is 6. The fourth-order valence-corrected chi connectivity index (χ4v) is 8.90. The van der Waals surface area contributed by atoms with Crippen molar-refractivity contribution in [3.63, 3.8) is 0 Å². The summed E-state index contributed by atoms with van der Waals surface area (Å²) < 4.78 is 22.2. The Hall–Kier alpha value is -0.760.